The van der Waals surface area contributed by atoms with Gasteiger partial charge in [0.05, 0.1) is 12.5 Å². The molecule has 2 nitrogen and oxygen atoms in total. The first-order chi connectivity index (χ1) is 6.22. The summed E-state index contributed by atoms with van der Waals surface area (Å²) < 4.78 is 17.8. The van der Waals surface area contributed by atoms with Crippen molar-refractivity contribution in [3.8, 4) is 0 Å². The van der Waals surface area contributed by atoms with E-state index in [2.05, 4.69) is 6.92 Å². The molecule has 0 unspecified atom stereocenters. The Balaban J connectivity index is 2.26. The molecule has 13 heavy (non-hydrogen) atoms. The largest absolute Gasteiger partial charge is 0.466 e. The lowest BCUT2D eigenvalue weighted by Crippen LogP contribution is -2.08. The van der Waals surface area contributed by atoms with Gasteiger partial charge in [-0.1, -0.05) is 19.8 Å². The van der Waals surface area contributed by atoms with E-state index in [4.69, 9.17) is 4.74 Å². The van der Waals surface area contributed by atoms with Crippen LogP contribution in [-0.4, -0.2) is 18.7 Å². The van der Waals surface area contributed by atoms with Gasteiger partial charge in [0.15, 0.2) is 0 Å². The summed E-state index contributed by atoms with van der Waals surface area (Å²) in [5.41, 5.74) is 0. The lowest BCUT2D eigenvalue weighted by Gasteiger charge is -1.98. The van der Waals surface area contributed by atoms with E-state index in [-0.39, 0.29) is 11.9 Å². The van der Waals surface area contributed by atoms with Gasteiger partial charge in [-0.25, -0.2) is 4.39 Å². The average molecular weight is 188 g/mol. The van der Waals surface area contributed by atoms with Gasteiger partial charge < -0.3 is 4.74 Å². The molecule has 0 aromatic heterocycles. The van der Waals surface area contributed by atoms with E-state index in [0.29, 0.717) is 6.61 Å². The van der Waals surface area contributed by atoms with Crippen molar-refractivity contribution >= 4 is 5.97 Å². The van der Waals surface area contributed by atoms with Gasteiger partial charge in [0, 0.05) is 5.92 Å². The van der Waals surface area contributed by atoms with Gasteiger partial charge >= 0.3 is 5.97 Å². The minimum Gasteiger partial charge on any atom is -0.466 e. The zero-order valence-electron chi connectivity index (χ0n) is 8.25. The van der Waals surface area contributed by atoms with Crippen LogP contribution in [0, 0.1) is 11.8 Å². The number of esters is 1. The number of alkyl halides is 1. The molecule has 3 atom stereocenters. The zero-order valence-corrected chi connectivity index (χ0v) is 8.25. The first-order valence-electron chi connectivity index (χ1n) is 5.03. The SMILES string of the molecule is CCCC[C@@H]1[C@@H](F)[C@H]1C(=O)OCC. The maximum absolute atomic E-state index is 13.0. The van der Waals surface area contributed by atoms with Crippen LogP contribution in [0.15, 0.2) is 0 Å². The van der Waals surface area contributed by atoms with Gasteiger partial charge in [-0.2, -0.15) is 0 Å². The molecule has 1 rings (SSSR count). The Morgan fingerprint density at radius 3 is 2.69 bits per heavy atom. The summed E-state index contributed by atoms with van der Waals surface area (Å²) >= 11 is 0. The smallest absolute Gasteiger partial charge is 0.312 e. The molecule has 0 aromatic carbocycles. The fourth-order valence-electron chi connectivity index (χ4n) is 1.65. The van der Waals surface area contributed by atoms with Crippen LogP contribution >= 0.6 is 0 Å². The van der Waals surface area contributed by atoms with Gasteiger partial charge in [0.2, 0.25) is 0 Å². The number of carbonyl (C=O) groups excluding carboxylic acids is 1. The van der Waals surface area contributed by atoms with E-state index in [9.17, 15) is 9.18 Å². The Hall–Kier alpha value is -0.600. The highest BCUT2D eigenvalue weighted by Crippen LogP contribution is 2.46. The summed E-state index contributed by atoms with van der Waals surface area (Å²) in [7, 11) is 0. The molecule has 0 radical (unpaired) electrons. The van der Waals surface area contributed by atoms with Crippen molar-refractivity contribution in [3.05, 3.63) is 0 Å². The molecule has 1 fully saturated rings. The quantitative estimate of drug-likeness (QED) is 0.619. The molecule has 0 saturated heterocycles. The Bertz CT molecular complexity index is 182. The Kier molecular flexibility index (Phi) is 3.70. The molecule has 0 spiro atoms. The third-order valence-corrected chi connectivity index (χ3v) is 2.52. The molecule has 0 amide bonds. The van der Waals surface area contributed by atoms with Crippen LogP contribution in [0.2, 0.25) is 0 Å². The van der Waals surface area contributed by atoms with Crippen LogP contribution in [0.1, 0.15) is 33.1 Å². The van der Waals surface area contributed by atoms with Crippen LogP contribution in [0.5, 0.6) is 0 Å². The number of hydrogen-bond acceptors (Lipinski definition) is 2. The molecular formula is C10H17FO2. The molecule has 76 valence electrons. The van der Waals surface area contributed by atoms with Crippen molar-refractivity contribution in [2.24, 2.45) is 11.8 Å². The fraction of sp³-hybridized carbons (Fsp3) is 0.900. The van der Waals surface area contributed by atoms with Crippen molar-refractivity contribution < 1.29 is 13.9 Å². The number of halogens is 1. The Morgan fingerprint density at radius 2 is 2.15 bits per heavy atom. The lowest BCUT2D eigenvalue weighted by molar-refractivity contribution is -0.145. The minimum atomic E-state index is -0.939. The van der Waals surface area contributed by atoms with Crippen LogP contribution in [-0.2, 0) is 9.53 Å². The summed E-state index contributed by atoms with van der Waals surface area (Å²) in [6.07, 6.45) is 1.94. The van der Waals surface area contributed by atoms with Crippen LogP contribution < -0.4 is 0 Å². The molecule has 0 aromatic rings. The maximum Gasteiger partial charge on any atom is 0.312 e. The molecule has 3 heteroatoms. The Labute approximate surface area is 78.5 Å². The van der Waals surface area contributed by atoms with Crippen molar-refractivity contribution in [1.29, 1.82) is 0 Å². The zero-order chi connectivity index (χ0) is 9.84. The van der Waals surface area contributed by atoms with Crippen molar-refractivity contribution in [2.75, 3.05) is 6.61 Å². The molecule has 0 heterocycles. The minimum absolute atomic E-state index is 0.0565. The highest BCUT2D eigenvalue weighted by molar-refractivity contribution is 5.77. The third kappa shape index (κ3) is 2.42. The van der Waals surface area contributed by atoms with Gasteiger partial charge in [0.25, 0.3) is 0 Å². The van der Waals surface area contributed by atoms with Crippen molar-refractivity contribution in [3.63, 3.8) is 0 Å². The van der Waals surface area contributed by atoms with Crippen molar-refractivity contribution in [1.82, 2.24) is 0 Å². The second-order valence-electron chi connectivity index (χ2n) is 3.53. The molecule has 0 bridgehead atoms. The van der Waals surface area contributed by atoms with Gasteiger partial charge in [-0.05, 0) is 13.3 Å². The number of carbonyl (C=O) groups is 1. The standard InChI is InChI=1S/C10H17FO2/c1-3-5-6-7-8(9(7)11)10(12)13-4-2/h7-9H,3-6H2,1-2H3/t7-,8-,9+/m0/s1. The topological polar surface area (TPSA) is 26.3 Å². The summed E-state index contributed by atoms with van der Waals surface area (Å²) in [5, 5.41) is 0. The molecule has 0 aliphatic heterocycles. The number of unbranched alkanes of at least 4 members (excludes halogenated alkanes) is 1. The molecular weight excluding hydrogens is 171 g/mol. The summed E-state index contributed by atoms with van der Waals surface area (Å²) in [6, 6.07) is 0. The van der Waals surface area contributed by atoms with E-state index in [1.807, 2.05) is 0 Å². The number of rotatable bonds is 5. The van der Waals surface area contributed by atoms with Gasteiger partial charge in [0.1, 0.15) is 6.17 Å². The second-order valence-corrected chi connectivity index (χ2v) is 3.53. The summed E-state index contributed by atoms with van der Waals surface area (Å²) in [5.74, 6) is -0.860. The molecule has 0 N–H and O–H groups in total. The number of ether oxygens (including phenoxy) is 1. The third-order valence-electron chi connectivity index (χ3n) is 2.52. The Morgan fingerprint density at radius 1 is 1.46 bits per heavy atom. The van der Waals surface area contributed by atoms with Crippen LogP contribution in [0.25, 0.3) is 0 Å². The van der Waals surface area contributed by atoms with Crippen LogP contribution in [0.4, 0.5) is 4.39 Å². The summed E-state index contributed by atoms with van der Waals surface area (Å²) in [6.45, 7) is 4.16. The lowest BCUT2D eigenvalue weighted by atomic mass is 10.1. The number of hydrogen-bond donors (Lipinski definition) is 0. The molecule has 1 aliphatic rings. The molecule has 1 aliphatic carbocycles. The van der Waals surface area contributed by atoms with E-state index < -0.39 is 12.1 Å². The first kappa shape index (κ1) is 10.5. The van der Waals surface area contributed by atoms with Gasteiger partial charge in [-0.3, -0.25) is 4.79 Å². The second kappa shape index (κ2) is 4.58. The predicted octanol–water partition coefficient (Wildman–Crippen LogP) is 2.32. The predicted molar refractivity (Wildman–Crippen MR) is 48.0 cm³/mol. The normalized spacial score (nSPS) is 31.5. The molecule has 1 saturated carbocycles. The van der Waals surface area contributed by atoms with E-state index in [1.54, 1.807) is 6.92 Å². The fourth-order valence-corrected chi connectivity index (χ4v) is 1.65. The average Bonchev–Trinajstić information content (AvgIpc) is 2.73. The van der Waals surface area contributed by atoms with E-state index in [0.717, 1.165) is 19.3 Å². The summed E-state index contributed by atoms with van der Waals surface area (Å²) in [4.78, 5) is 11.1. The highest BCUT2D eigenvalue weighted by atomic mass is 19.1. The van der Waals surface area contributed by atoms with Crippen LogP contribution in [0.3, 0.4) is 0 Å². The van der Waals surface area contributed by atoms with Crippen molar-refractivity contribution in [2.45, 2.75) is 39.3 Å². The van der Waals surface area contributed by atoms with Gasteiger partial charge in [-0.15, -0.1) is 0 Å². The van der Waals surface area contributed by atoms with E-state index in [1.165, 1.54) is 0 Å². The highest BCUT2D eigenvalue weighted by Gasteiger charge is 2.56. The van der Waals surface area contributed by atoms with E-state index >= 15 is 0 Å². The first-order valence-corrected chi connectivity index (χ1v) is 5.03. The maximum atomic E-state index is 13.0. The monoisotopic (exact) mass is 188 g/mol.